The average Bonchev–Trinajstić information content (AvgIpc) is 3.45. The Hall–Kier alpha value is -3.87. The molecule has 2 aromatic carbocycles. The summed E-state index contributed by atoms with van der Waals surface area (Å²) >= 11 is 14.0. The van der Waals surface area contributed by atoms with Crippen LogP contribution < -0.4 is 20.1 Å². The van der Waals surface area contributed by atoms with Crippen molar-refractivity contribution in [2.45, 2.75) is 44.5 Å². The highest BCUT2D eigenvalue weighted by atomic mass is 35.5. The first kappa shape index (κ1) is 32.1. The van der Waals surface area contributed by atoms with Gasteiger partial charge in [0.2, 0.25) is 17.7 Å². The molecule has 2 fully saturated rings. The van der Waals surface area contributed by atoms with Gasteiger partial charge in [-0.3, -0.25) is 19.7 Å². The number of aromatic nitrogens is 4. The number of hydrogen-bond donors (Lipinski definition) is 3. The Morgan fingerprint density at radius 3 is 2.00 bits per heavy atom. The highest BCUT2D eigenvalue weighted by molar-refractivity contribution is 6.39. The van der Waals surface area contributed by atoms with E-state index < -0.39 is 5.60 Å². The Morgan fingerprint density at radius 2 is 1.48 bits per heavy atom. The lowest BCUT2D eigenvalue weighted by atomic mass is 9.97. The Kier molecular flexibility index (Phi) is 9.39. The van der Waals surface area contributed by atoms with Gasteiger partial charge in [-0.1, -0.05) is 59.6 Å². The zero-order valence-corrected chi connectivity index (χ0v) is 27.3. The van der Waals surface area contributed by atoms with E-state index in [0.29, 0.717) is 94.9 Å². The average molecular weight is 665 g/mol. The second kappa shape index (κ2) is 13.5. The second-order valence-corrected chi connectivity index (χ2v) is 12.6. The summed E-state index contributed by atoms with van der Waals surface area (Å²) < 4.78 is 11.1. The Bertz CT molecular complexity index is 1760. The van der Waals surface area contributed by atoms with Crippen molar-refractivity contribution in [1.29, 1.82) is 0 Å². The number of likely N-dealkylation sites (tertiary alicyclic amines) is 1. The highest BCUT2D eigenvalue weighted by Gasteiger charge is 2.37. The first-order chi connectivity index (χ1) is 22.2. The lowest BCUT2D eigenvalue weighted by Crippen LogP contribution is -2.59. The van der Waals surface area contributed by atoms with Crippen LogP contribution in [0.4, 0.5) is 0 Å². The number of benzene rings is 2. The number of carbonyl (C=O) groups is 1. The van der Waals surface area contributed by atoms with Gasteiger partial charge in [-0.05, 0) is 13.3 Å². The molecule has 0 aliphatic carbocycles. The van der Waals surface area contributed by atoms with Crippen molar-refractivity contribution < 1.29 is 19.4 Å². The van der Waals surface area contributed by atoms with E-state index in [9.17, 15) is 9.90 Å². The SMILES string of the molecule is COc1nc(-c2cccc(-c3cccc(-c4cnc(CN5CC(C)(O)C5)c(OC)n4)c3Cl)c2Cl)cnc1CNC[C@H]1CCC(=O)N1. The molecule has 2 aliphatic rings. The Balaban J connectivity index is 1.24. The van der Waals surface area contributed by atoms with Gasteiger partial charge in [-0.25, -0.2) is 9.97 Å². The van der Waals surface area contributed by atoms with Gasteiger partial charge in [0.25, 0.3) is 0 Å². The topological polar surface area (TPSA) is 135 Å². The standard InChI is InChI=1S/C33H35Cl2N7O4/c1-33(44)17-42(18-33)16-27-32(46-3)41-25(15-38-27)23-9-5-7-21(30(23)35)20-6-4-8-22(29(20)34)24-14-37-26(31(40-24)45-2)13-36-12-19-10-11-28(43)39-19/h4-9,14-15,19,36,44H,10-13,16-18H2,1-3H3,(H,39,43)/t19-/m1/s1. The molecule has 4 aromatic rings. The number of aliphatic hydroxyl groups is 1. The fourth-order valence-electron chi connectivity index (χ4n) is 5.92. The van der Waals surface area contributed by atoms with Gasteiger partial charge >= 0.3 is 0 Å². The van der Waals surface area contributed by atoms with E-state index in [-0.39, 0.29) is 11.9 Å². The van der Waals surface area contributed by atoms with E-state index >= 15 is 0 Å². The summed E-state index contributed by atoms with van der Waals surface area (Å²) in [6.07, 6.45) is 4.72. The van der Waals surface area contributed by atoms with Crippen LogP contribution in [0.3, 0.4) is 0 Å². The van der Waals surface area contributed by atoms with Crippen molar-refractivity contribution in [3.8, 4) is 45.4 Å². The number of ether oxygens (including phenoxy) is 2. The number of hydrogen-bond acceptors (Lipinski definition) is 10. The van der Waals surface area contributed by atoms with Crippen LogP contribution in [-0.2, 0) is 17.9 Å². The maximum atomic E-state index is 11.5. The monoisotopic (exact) mass is 663 g/mol. The first-order valence-electron chi connectivity index (χ1n) is 15.0. The van der Waals surface area contributed by atoms with Crippen LogP contribution in [-0.4, -0.2) is 81.3 Å². The Labute approximate surface area is 277 Å². The third-order valence-corrected chi connectivity index (χ3v) is 8.93. The van der Waals surface area contributed by atoms with Gasteiger partial charge < -0.3 is 25.2 Å². The molecule has 3 N–H and O–H groups in total. The number of nitrogens with zero attached hydrogens (tertiary/aromatic N) is 5. The predicted molar refractivity (Wildman–Crippen MR) is 176 cm³/mol. The first-order valence-corrected chi connectivity index (χ1v) is 15.7. The van der Waals surface area contributed by atoms with Crippen LogP contribution in [0.15, 0.2) is 48.8 Å². The smallest absolute Gasteiger partial charge is 0.237 e. The number of halogens is 2. The zero-order chi connectivity index (χ0) is 32.4. The van der Waals surface area contributed by atoms with Crippen molar-refractivity contribution in [1.82, 2.24) is 35.5 Å². The molecule has 2 aliphatic heterocycles. The normalized spacial score (nSPS) is 17.4. The van der Waals surface area contributed by atoms with Crippen LogP contribution in [0, 0.1) is 0 Å². The van der Waals surface area contributed by atoms with E-state index in [1.54, 1.807) is 26.6 Å². The van der Waals surface area contributed by atoms with Crippen molar-refractivity contribution in [2.75, 3.05) is 33.9 Å². The molecule has 1 amide bonds. The van der Waals surface area contributed by atoms with Gasteiger partial charge in [-0.15, -0.1) is 0 Å². The number of amides is 1. The van der Waals surface area contributed by atoms with Gasteiger partial charge in [-0.2, -0.15) is 0 Å². The summed E-state index contributed by atoms with van der Waals surface area (Å²) in [6, 6.07) is 11.5. The fraction of sp³-hybridized carbons (Fsp3) is 0.364. The summed E-state index contributed by atoms with van der Waals surface area (Å²) in [5.41, 5.74) is 4.57. The summed E-state index contributed by atoms with van der Waals surface area (Å²) in [5.74, 6) is 0.873. The maximum absolute atomic E-state index is 11.5. The minimum Gasteiger partial charge on any atom is -0.480 e. The largest absolute Gasteiger partial charge is 0.480 e. The van der Waals surface area contributed by atoms with Crippen molar-refractivity contribution in [2.24, 2.45) is 0 Å². The molecule has 0 spiro atoms. The molecule has 4 heterocycles. The number of rotatable bonds is 11. The molecule has 0 bridgehead atoms. The molecule has 6 rings (SSSR count). The van der Waals surface area contributed by atoms with Crippen molar-refractivity contribution in [3.05, 3.63) is 70.2 Å². The zero-order valence-electron chi connectivity index (χ0n) is 25.8. The number of β-amino-alcohol motifs (C(OH)–C–C–N with tert-alkyl or cyclic N) is 1. The molecular weight excluding hydrogens is 629 g/mol. The van der Waals surface area contributed by atoms with E-state index in [4.69, 9.17) is 42.6 Å². The summed E-state index contributed by atoms with van der Waals surface area (Å²) in [4.78, 5) is 32.2. The maximum Gasteiger partial charge on any atom is 0.237 e. The van der Waals surface area contributed by atoms with Gasteiger partial charge in [0, 0.05) is 67.4 Å². The molecule has 11 nitrogen and oxygen atoms in total. The third kappa shape index (κ3) is 6.79. The van der Waals surface area contributed by atoms with Gasteiger partial charge in [0.1, 0.15) is 11.4 Å². The highest BCUT2D eigenvalue weighted by Crippen LogP contribution is 2.42. The minimum absolute atomic E-state index is 0.0820. The van der Waals surface area contributed by atoms with Crippen molar-refractivity contribution in [3.63, 3.8) is 0 Å². The molecule has 2 saturated heterocycles. The summed E-state index contributed by atoms with van der Waals surface area (Å²) in [6.45, 7) is 4.54. The van der Waals surface area contributed by atoms with Crippen LogP contribution >= 0.6 is 23.2 Å². The van der Waals surface area contributed by atoms with Gasteiger partial charge in [0.05, 0.1) is 53.6 Å². The molecule has 0 unspecified atom stereocenters. The lowest BCUT2D eigenvalue weighted by Gasteiger charge is -2.44. The molecule has 13 heteroatoms. The van der Waals surface area contributed by atoms with E-state index in [0.717, 1.165) is 17.5 Å². The summed E-state index contributed by atoms with van der Waals surface area (Å²) in [7, 11) is 3.11. The van der Waals surface area contributed by atoms with Crippen LogP contribution in [0.1, 0.15) is 31.2 Å². The molecule has 2 aromatic heterocycles. The van der Waals surface area contributed by atoms with Gasteiger partial charge in [0.15, 0.2) is 0 Å². The van der Waals surface area contributed by atoms with Crippen molar-refractivity contribution >= 4 is 29.1 Å². The molecule has 0 radical (unpaired) electrons. The van der Waals surface area contributed by atoms with Crippen LogP contribution in [0.5, 0.6) is 11.8 Å². The van der Waals surface area contributed by atoms with E-state index in [1.165, 1.54) is 0 Å². The second-order valence-electron chi connectivity index (χ2n) is 11.8. The lowest BCUT2D eigenvalue weighted by molar-refractivity contribution is -0.119. The molecular formula is C33H35Cl2N7O4. The quantitative estimate of drug-likeness (QED) is 0.210. The number of methoxy groups -OCH3 is 2. The van der Waals surface area contributed by atoms with E-state index in [1.807, 2.05) is 43.3 Å². The number of nitrogens with one attached hydrogen (secondary N) is 2. The van der Waals surface area contributed by atoms with E-state index in [2.05, 4.69) is 25.5 Å². The summed E-state index contributed by atoms with van der Waals surface area (Å²) in [5, 5.41) is 17.3. The Morgan fingerprint density at radius 1 is 0.935 bits per heavy atom. The molecule has 0 saturated carbocycles. The number of carbonyl (C=O) groups excluding carboxylic acids is 1. The molecule has 1 atom stereocenters. The molecule has 46 heavy (non-hydrogen) atoms. The fourth-order valence-corrected chi connectivity index (χ4v) is 6.57. The molecule has 240 valence electrons. The predicted octanol–water partition coefficient (Wildman–Crippen LogP) is 4.53. The minimum atomic E-state index is -0.677. The van der Waals surface area contributed by atoms with Crippen LogP contribution in [0.2, 0.25) is 10.0 Å². The third-order valence-electron chi connectivity index (χ3n) is 8.12. The van der Waals surface area contributed by atoms with Crippen LogP contribution in [0.25, 0.3) is 33.6 Å².